The number of rotatable bonds is 4. The number of benzene rings is 1. The minimum atomic E-state index is 0.147. The SMILES string of the molecule is CCCc1nn(-c2ccccc2C)c(C)c1C(=O)N1CC[NH+](C)CC1. The molecule has 134 valence electrons. The van der Waals surface area contributed by atoms with Crippen molar-refractivity contribution in [1.82, 2.24) is 14.7 Å². The lowest BCUT2D eigenvalue weighted by Crippen LogP contribution is -3.12. The molecule has 0 atom stereocenters. The molecule has 1 aromatic carbocycles. The Bertz CT molecular complexity index is 757. The molecule has 0 unspecified atom stereocenters. The zero-order chi connectivity index (χ0) is 18.0. The first-order valence-corrected chi connectivity index (χ1v) is 9.28. The van der Waals surface area contributed by atoms with Gasteiger partial charge in [0.05, 0.1) is 55.9 Å². The number of nitrogens with one attached hydrogen (secondary N) is 1. The molecule has 1 amide bonds. The van der Waals surface area contributed by atoms with Crippen molar-refractivity contribution in [3.8, 4) is 5.69 Å². The molecule has 1 N–H and O–H groups in total. The van der Waals surface area contributed by atoms with Gasteiger partial charge < -0.3 is 9.80 Å². The molecule has 2 aromatic rings. The molecule has 5 nitrogen and oxygen atoms in total. The van der Waals surface area contributed by atoms with Crippen molar-refractivity contribution in [2.45, 2.75) is 33.6 Å². The zero-order valence-corrected chi connectivity index (χ0v) is 15.8. The van der Waals surface area contributed by atoms with E-state index in [2.05, 4.69) is 33.0 Å². The molecule has 25 heavy (non-hydrogen) atoms. The van der Waals surface area contributed by atoms with Crippen LogP contribution in [0.4, 0.5) is 0 Å². The molecule has 0 saturated carbocycles. The number of piperazine rings is 1. The number of aromatic nitrogens is 2. The van der Waals surface area contributed by atoms with Gasteiger partial charge in [-0.1, -0.05) is 31.5 Å². The van der Waals surface area contributed by atoms with Gasteiger partial charge in [0.1, 0.15) is 0 Å². The Labute approximate surface area is 150 Å². The first-order chi connectivity index (χ1) is 12.0. The van der Waals surface area contributed by atoms with Gasteiger partial charge in [-0.05, 0) is 31.9 Å². The van der Waals surface area contributed by atoms with Crippen LogP contribution in [0, 0.1) is 13.8 Å². The van der Waals surface area contributed by atoms with Crippen molar-refractivity contribution < 1.29 is 9.69 Å². The fourth-order valence-corrected chi connectivity index (χ4v) is 3.54. The highest BCUT2D eigenvalue weighted by Gasteiger charge is 2.28. The van der Waals surface area contributed by atoms with Crippen LogP contribution in [0.2, 0.25) is 0 Å². The molecule has 0 radical (unpaired) electrons. The van der Waals surface area contributed by atoms with Gasteiger partial charge in [-0.15, -0.1) is 0 Å². The van der Waals surface area contributed by atoms with Crippen molar-refractivity contribution in [3.63, 3.8) is 0 Å². The second kappa shape index (κ2) is 7.40. The number of carbonyl (C=O) groups excluding carboxylic acids is 1. The van der Waals surface area contributed by atoms with Crippen LogP contribution in [-0.2, 0) is 6.42 Å². The van der Waals surface area contributed by atoms with E-state index in [1.54, 1.807) is 0 Å². The minimum Gasteiger partial charge on any atom is -0.334 e. The Morgan fingerprint density at radius 2 is 1.88 bits per heavy atom. The Morgan fingerprint density at radius 1 is 1.20 bits per heavy atom. The van der Waals surface area contributed by atoms with E-state index in [0.717, 1.165) is 61.7 Å². The second-order valence-corrected chi connectivity index (χ2v) is 7.10. The third-order valence-electron chi connectivity index (χ3n) is 5.14. The normalized spacial score (nSPS) is 15.6. The molecule has 1 saturated heterocycles. The third-order valence-corrected chi connectivity index (χ3v) is 5.14. The Morgan fingerprint density at radius 3 is 2.52 bits per heavy atom. The Balaban J connectivity index is 2.01. The van der Waals surface area contributed by atoms with Gasteiger partial charge in [0, 0.05) is 0 Å². The Hall–Kier alpha value is -2.14. The molecular formula is C20H29N4O+. The summed E-state index contributed by atoms with van der Waals surface area (Å²) in [4.78, 5) is 16.7. The highest BCUT2D eigenvalue weighted by Crippen LogP contribution is 2.23. The predicted octanol–water partition coefficient (Wildman–Crippen LogP) is 1.41. The second-order valence-electron chi connectivity index (χ2n) is 7.10. The molecule has 0 spiro atoms. The summed E-state index contributed by atoms with van der Waals surface area (Å²) in [6.45, 7) is 9.92. The number of hydrogen-bond donors (Lipinski definition) is 1. The Kier molecular flexibility index (Phi) is 5.23. The number of carbonyl (C=O) groups is 1. The highest BCUT2D eigenvalue weighted by atomic mass is 16.2. The van der Waals surface area contributed by atoms with Gasteiger partial charge in [0.15, 0.2) is 0 Å². The van der Waals surface area contributed by atoms with Crippen LogP contribution in [0.5, 0.6) is 0 Å². The maximum Gasteiger partial charge on any atom is 0.258 e. The van der Waals surface area contributed by atoms with Crippen LogP contribution in [0.25, 0.3) is 5.69 Å². The van der Waals surface area contributed by atoms with Gasteiger partial charge in [0.25, 0.3) is 5.91 Å². The number of hydrogen-bond acceptors (Lipinski definition) is 2. The summed E-state index contributed by atoms with van der Waals surface area (Å²) in [7, 11) is 2.19. The molecular weight excluding hydrogens is 312 g/mol. The number of aryl methyl sites for hydroxylation is 2. The van der Waals surface area contributed by atoms with E-state index in [1.165, 1.54) is 10.5 Å². The molecule has 1 aliphatic rings. The number of quaternary nitrogens is 1. The zero-order valence-electron chi connectivity index (χ0n) is 15.8. The van der Waals surface area contributed by atoms with Crippen molar-refractivity contribution in [2.75, 3.05) is 33.2 Å². The molecule has 0 bridgehead atoms. The molecule has 0 aliphatic carbocycles. The van der Waals surface area contributed by atoms with Crippen LogP contribution in [0.3, 0.4) is 0 Å². The quantitative estimate of drug-likeness (QED) is 0.914. The minimum absolute atomic E-state index is 0.147. The van der Waals surface area contributed by atoms with Crippen molar-refractivity contribution >= 4 is 5.91 Å². The average molecular weight is 341 g/mol. The molecule has 3 rings (SSSR count). The molecule has 5 heteroatoms. The van der Waals surface area contributed by atoms with E-state index in [0.29, 0.717) is 0 Å². The summed E-state index contributed by atoms with van der Waals surface area (Å²) in [6.07, 6.45) is 1.82. The largest absolute Gasteiger partial charge is 0.334 e. The molecule has 1 aliphatic heterocycles. The van der Waals surface area contributed by atoms with E-state index in [4.69, 9.17) is 5.10 Å². The number of likely N-dealkylation sites (N-methyl/N-ethyl adjacent to an activating group) is 1. The fraction of sp³-hybridized carbons (Fsp3) is 0.500. The maximum atomic E-state index is 13.2. The van der Waals surface area contributed by atoms with E-state index < -0.39 is 0 Å². The van der Waals surface area contributed by atoms with Gasteiger partial charge in [0.2, 0.25) is 0 Å². The van der Waals surface area contributed by atoms with Gasteiger partial charge in [-0.3, -0.25) is 4.79 Å². The lowest BCUT2D eigenvalue weighted by molar-refractivity contribution is -0.883. The summed E-state index contributed by atoms with van der Waals surface area (Å²) in [5.74, 6) is 0.147. The van der Waals surface area contributed by atoms with Crippen molar-refractivity contribution in [3.05, 3.63) is 46.8 Å². The van der Waals surface area contributed by atoms with Crippen LogP contribution >= 0.6 is 0 Å². The van der Waals surface area contributed by atoms with Crippen LogP contribution in [0.15, 0.2) is 24.3 Å². The average Bonchev–Trinajstić information content (AvgIpc) is 2.92. The topological polar surface area (TPSA) is 42.6 Å². The van der Waals surface area contributed by atoms with Gasteiger partial charge in [-0.2, -0.15) is 5.10 Å². The summed E-state index contributed by atoms with van der Waals surface area (Å²) < 4.78 is 1.95. The monoisotopic (exact) mass is 341 g/mol. The van der Waals surface area contributed by atoms with Crippen LogP contribution in [-0.4, -0.2) is 53.8 Å². The maximum absolute atomic E-state index is 13.2. The number of amides is 1. The van der Waals surface area contributed by atoms with E-state index in [1.807, 2.05) is 28.6 Å². The van der Waals surface area contributed by atoms with Gasteiger partial charge >= 0.3 is 0 Å². The molecule has 1 fully saturated rings. The number of nitrogens with zero attached hydrogens (tertiary/aromatic N) is 3. The molecule has 2 heterocycles. The van der Waals surface area contributed by atoms with E-state index in [-0.39, 0.29) is 5.91 Å². The van der Waals surface area contributed by atoms with Gasteiger partial charge in [-0.25, -0.2) is 4.68 Å². The number of para-hydroxylation sites is 1. The van der Waals surface area contributed by atoms with Crippen molar-refractivity contribution in [1.29, 1.82) is 0 Å². The lowest BCUT2D eigenvalue weighted by atomic mass is 10.1. The highest BCUT2D eigenvalue weighted by molar-refractivity contribution is 5.96. The van der Waals surface area contributed by atoms with Crippen molar-refractivity contribution in [2.24, 2.45) is 0 Å². The van der Waals surface area contributed by atoms with Crippen LogP contribution < -0.4 is 4.90 Å². The first-order valence-electron chi connectivity index (χ1n) is 9.28. The van der Waals surface area contributed by atoms with E-state index in [9.17, 15) is 4.79 Å². The smallest absolute Gasteiger partial charge is 0.258 e. The predicted molar refractivity (Wildman–Crippen MR) is 99.6 cm³/mol. The standard InChI is InChI=1S/C20H28N4O/c1-5-8-17-19(20(25)23-13-11-22(4)12-14-23)16(3)24(21-17)18-10-7-6-9-15(18)2/h6-7,9-10H,5,8,11-14H2,1-4H3/p+1. The fourth-order valence-electron chi connectivity index (χ4n) is 3.54. The summed E-state index contributed by atoms with van der Waals surface area (Å²) >= 11 is 0. The lowest BCUT2D eigenvalue weighted by Gasteiger charge is -2.30. The first kappa shape index (κ1) is 17.7. The summed E-state index contributed by atoms with van der Waals surface area (Å²) in [5.41, 5.74) is 4.91. The summed E-state index contributed by atoms with van der Waals surface area (Å²) in [6, 6.07) is 8.20. The van der Waals surface area contributed by atoms with E-state index >= 15 is 0 Å². The summed E-state index contributed by atoms with van der Waals surface area (Å²) in [5, 5.41) is 4.83. The molecule has 1 aromatic heterocycles. The van der Waals surface area contributed by atoms with Crippen LogP contribution in [0.1, 0.15) is 40.7 Å². The third kappa shape index (κ3) is 3.47.